The van der Waals surface area contributed by atoms with Crippen molar-refractivity contribution >= 4 is 5.82 Å². The molecular formula is C11H11N3. The van der Waals surface area contributed by atoms with Gasteiger partial charge in [-0.3, -0.25) is 0 Å². The van der Waals surface area contributed by atoms with E-state index in [0.29, 0.717) is 5.82 Å². The molecule has 2 N–H and O–H groups in total. The second kappa shape index (κ2) is 3.46. The second-order valence-electron chi connectivity index (χ2n) is 3.21. The molecule has 0 unspecified atom stereocenters. The van der Waals surface area contributed by atoms with E-state index in [1.807, 2.05) is 30.3 Å². The Bertz CT molecular complexity index is 374. The summed E-state index contributed by atoms with van der Waals surface area (Å²) in [6, 6.07) is 11.8. The fourth-order valence-electron chi connectivity index (χ4n) is 1.22. The van der Waals surface area contributed by atoms with Crippen LogP contribution in [0.4, 0.5) is 5.82 Å². The monoisotopic (exact) mass is 185 g/mol. The Labute approximate surface area is 82.6 Å². The Morgan fingerprint density at radius 3 is 2.21 bits per heavy atom. The molecule has 1 aromatic heterocycles. The molecule has 1 aromatic carbocycles. The summed E-state index contributed by atoms with van der Waals surface area (Å²) < 4.78 is 0. The van der Waals surface area contributed by atoms with E-state index in [0.717, 1.165) is 11.3 Å². The molecule has 0 aliphatic heterocycles. The van der Waals surface area contributed by atoms with E-state index >= 15 is 0 Å². The largest absolute Gasteiger partial charge is 0.382 e. The minimum atomic E-state index is 0.445. The molecule has 0 saturated heterocycles. The van der Waals surface area contributed by atoms with Gasteiger partial charge in [-0.25, -0.2) is 0 Å². The van der Waals surface area contributed by atoms with Crippen molar-refractivity contribution in [2.24, 2.45) is 0 Å². The maximum absolute atomic E-state index is 5.46. The van der Waals surface area contributed by atoms with Gasteiger partial charge in [-0.1, -0.05) is 29.8 Å². The number of nitrogens with zero attached hydrogens (tertiary/aromatic N) is 2. The van der Waals surface area contributed by atoms with E-state index in [9.17, 15) is 0 Å². The molecule has 14 heavy (non-hydrogen) atoms. The van der Waals surface area contributed by atoms with Crippen molar-refractivity contribution in [3.8, 4) is 11.3 Å². The van der Waals surface area contributed by atoms with Crippen molar-refractivity contribution < 1.29 is 0 Å². The van der Waals surface area contributed by atoms with Gasteiger partial charge in [-0.15, -0.1) is 10.2 Å². The van der Waals surface area contributed by atoms with Crippen LogP contribution in [0.5, 0.6) is 0 Å². The quantitative estimate of drug-likeness (QED) is 0.739. The van der Waals surface area contributed by atoms with Gasteiger partial charge in [0.2, 0.25) is 0 Å². The summed E-state index contributed by atoms with van der Waals surface area (Å²) in [5, 5.41) is 7.81. The summed E-state index contributed by atoms with van der Waals surface area (Å²) >= 11 is 0. The van der Waals surface area contributed by atoms with E-state index in [-0.39, 0.29) is 0 Å². The van der Waals surface area contributed by atoms with Crippen molar-refractivity contribution in [1.82, 2.24) is 10.2 Å². The standard InChI is InChI=1S/C11H11N3/c1-8-2-4-9(5-3-8)10-6-7-11(12)14-13-10/h2-7H,1H3,(H2,12,14). The smallest absolute Gasteiger partial charge is 0.146 e. The molecule has 0 amide bonds. The van der Waals surface area contributed by atoms with Gasteiger partial charge in [-0.2, -0.15) is 0 Å². The molecule has 2 aromatic rings. The van der Waals surface area contributed by atoms with Crippen LogP contribution in [0.3, 0.4) is 0 Å². The number of hydrogen-bond acceptors (Lipinski definition) is 3. The summed E-state index contributed by atoms with van der Waals surface area (Å²) in [6.07, 6.45) is 0. The van der Waals surface area contributed by atoms with E-state index < -0.39 is 0 Å². The molecular weight excluding hydrogens is 174 g/mol. The van der Waals surface area contributed by atoms with Crippen LogP contribution in [-0.4, -0.2) is 10.2 Å². The van der Waals surface area contributed by atoms with Gasteiger partial charge in [0.05, 0.1) is 5.69 Å². The molecule has 3 nitrogen and oxygen atoms in total. The third-order valence-electron chi connectivity index (χ3n) is 2.03. The number of rotatable bonds is 1. The minimum absolute atomic E-state index is 0.445. The molecule has 0 saturated carbocycles. The van der Waals surface area contributed by atoms with Gasteiger partial charge in [0.15, 0.2) is 0 Å². The fourth-order valence-corrected chi connectivity index (χ4v) is 1.22. The Morgan fingerprint density at radius 1 is 0.929 bits per heavy atom. The summed E-state index contributed by atoms with van der Waals surface area (Å²) in [5.41, 5.74) is 8.59. The van der Waals surface area contributed by atoms with Gasteiger partial charge in [-0.05, 0) is 19.1 Å². The molecule has 0 aliphatic rings. The number of aromatic nitrogens is 2. The van der Waals surface area contributed by atoms with Crippen molar-refractivity contribution in [2.45, 2.75) is 6.92 Å². The molecule has 0 spiro atoms. The predicted octanol–water partition coefficient (Wildman–Crippen LogP) is 2.03. The lowest BCUT2D eigenvalue weighted by molar-refractivity contribution is 1.05. The average Bonchev–Trinajstić information content (AvgIpc) is 2.21. The van der Waals surface area contributed by atoms with Crippen molar-refractivity contribution in [3.05, 3.63) is 42.0 Å². The van der Waals surface area contributed by atoms with Crippen LogP contribution in [0.25, 0.3) is 11.3 Å². The summed E-state index contributed by atoms with van der Waals surface area (Å²) in [7, 11) is 0. The lowest BCUT2D eigenvalue weighted by Gasteiger charge is -2.00. The predicted molar refractivity (Wildman–Crippen MR) is 56.6 cm³/mol. The van der Waals surface area contributed by atoms with Crippen LogP contribution < -0.4 is 5.73 Å². The normalized spacial score (nSPS) is 10.1. The van der Waals surface area contributed by atoms with Crippen LogP contribution in [0.2, 0.25) is 0 Å². The number of hydrogen-bond donors (Lipinski definition) is 1. The maximum atomic E-state index is 5.46. The number of aryl methyl sites for hydroxylation is 1. The van der Waals surface area contributed by atoms with Crippen LogP contribution in [-0.2, 0) is 0 Å². The third-order valence-corrected chi connectivity index (χ3v) is 2.03. The van der Waals surface area contributed by atoms with Crippen LogP contribution in [0, 0.1) is 6.92 Å². The van der Waals surface area contributed by atoms with E-state index in [4.69, 9.17) is 5.73 Å². The first kappa shape index (κ1) is 8.69. The average molecular weight is 185 g/mol. The molecule has 0 atom stereocenters. The Balaban J connectivity index is 2.40. The molecule has 0 fully saturated rings. The van der Waals surface area contributed by atoms with Gasteiger partial charge < -0.3 is 5.73 Å². The van der Waals surface area contributed by atoms with Crippen LogP contribution >= 0.6 is 0 Å². The first-order valence-electron chi connectivity index (χ1n) is 4.42. The van der Waals surface area contributed by atoms with Crippen LogP contribution in [0.15, 0.2) is 36.4 Å². The van der Waals surface area contributed by atoms with Gasteiger partial charge in [0.25, 0.3) is 0 Å². The highest BCUT2D eigenvalue weighted by atomic mass is 15.1. The lowest BCUT2D eigenvalue weighted by atomic mass is 10.1. The van der Waals surface area contributed by atoms with Gasteiger partial charge in [0, 0.05) is 5.56 Å². The maximum Gasteiger partial charge on any atom is 0.146 e. The number of benzene rings is 1. The van der Waals surface area contributed by atoms with Gasteiger partial charge in [0.1, 0.15) is 5.82 Å². The Morgan fingerprint density at radius 2 is 1.64 bits per heavy atom. The van der Waals surface area contributed by atoms with E-state index in [2.05, 4.69) is 17.1 Å². The van der Waals surface area contributed by atoms with Gasteiger partial charge >= 0.3 is 0 Å². The number of anilines is 1. The summed E-state index contributed by atoms with van der Waals surface area (Å²) in [6.45, 7) is 2.05. The topological polar surface area (TPSA) is 51.8 Å². The molecule has 1 heterocycles. The lowest BCUT2D eigenvalue weighted by Crippen LogP contribution is -1.93. The second-order valence-corrected chi connectivity index (χ2v) is 3.21. The number of nitrogens with two attached hydrogens (primary N) is 1. The SMILES string of the molecule is Cc1ccc(-c2ccc(N)nn2)cc1. The van der Waals surface area contributed by atoms with Crippen molar-refractivity contribution in [3.63, 3.8) is 0 Å². The molecule has 0 bridgehead atoms. The highest BCUT2D eigenvalue weighted by Crippen LogP contribution is 2.16. The highest BCUT2D eigenvalue weighted by molar-refractivity contribution is 5.59. The molecule has 0 radical (unpaired) electrons. The molecule has 70 valence electrons. The summed E-state index contributed by atoms with van der Waals surface area (Å²) in [4.78, 5) is 0. The van der Waals surface area contributed by atoms with E-state index in [1.54, 1.807) is 6.07 Å². The first-order valence-corrected chi connectivity index (χ1v) is 4.42. The molecule has 2 rings (SSSR count). The zero-order valence-electron chi connectivity index (χ0n) is 7.94. The first-order chi connectivity index (χ1) is 6.75. The van der Waals surface area contributed by atoms with Crippen molar-refractivity contribution in [2.75, 3.05) is 5.73 Å². The zero-order valence-corrected chi connectivity index (χ0v) is 7.94. The minimum Gasteiger partial charge on any atom is -0.382 e. The zero-order chi connectivity index (χ0) is 9.97. The summed E-state index contributed by atoms with van der Waals surface area (Å²) in [5.74, 6) is 0.445. The number of nitrogen functional groups attached to an aromatic ring is 1. The third kappa shape index (κ3) is 1.71. The molecule has 0 aliphatic carbocycles. The fraction of sp³-hybridized carbons (Fsp3) is 0.0909. The molecule has 3 heteroatoms. The van der Waals surface area contributed by atoms with Crippen LogP contribution in [0.1, 0.15) is 5.56 Å². The Hall–Kier alpha value is -1.90. The van der Waals surface area contributed by atoms with E-state index in [1.165, 1.54) is 5.56 Å². The Kier molecular flexibility index (Phi) is 2.14. The highest BCUT2D eigenvalue weighted by Gasteiger charge is 1.98. The van der Waals surface area contributed by atoms with Crippen molar-refractivity contribution in [1.29, 1.82) is 0 Å².